The SMILES string of the molecule is C=C(C(=O)OCC)C(OC(C)=O)c1ccc(C)c(F)c1. The molecule has 0 bridgehead atoms. The molecule has 0 amide bonds. The van der Waals surface area contributed by atoms with Crippen LogP contribution < -0.4 is 0 Å². The van der Waals surface area contributed by atoms with Crippen molar-refractivity contribution in [3.63, 3.8) is 0 Å². The van der Waals surface area contributed by atoms with Crippen LogP contribution in [0.15, 0.2) is 30.4 Å². The number of hydrogen-bond acceptors (Lipinski definition) is 4. The van der Waals surface area contributed by atoms with Crippen LogP contribution in [0.25, 0.3) is 0 Å². The van der Waals surface area contributed by atoms with Gasteiger partial charge in [-0.15, -0.1) is 0 Å². The number of benzene rings is 1. The highest BCUT2D eigenvalue weighted by Crippen LogP contribution is 2.27. The average molecular weight is 280 g/mol. The Bertz CT molecular complexity index is 537. The van der Waals surface area contributed by atoms with Gasteiger partial charge in [-0.2, -0.15) is 0 Å². The van der Waals surface area contributed by atoms with Crippen molar-refractivity contribution < 1.29 is 23.5 Å². The summed E-state index contributed by atoms with van der Waals surface area (Å²) in [7, 11) is 0. The second-order valence-electron chi connectivity index (χ2n) is 4.24. The van der Waals surface area contributed by atoms with Gasteiger partial charge in [-0.05, 0) is 25.5 Å². The van der Waals surface area contributed by atoms with Crippen molar-refractivity contribution in [2.24, 2.45) is 0 Å². The van der Waals surface area contributed by atoms with E-state index in [2.05, 4.69) is 6.58 Å². The molecule has 0 saturated heterocycles. The summed E-state index contributed by atoms with van der Waals surface area (Å²) in [4.78, 5) is 22.8. The fourth-order valence-corrected chi connectivity index (χ4v) is 1.61. The molecule has 1 aromatic carbocycles. The minimum absolute atomic E-state index is 0.0506. The first-order valence-corrected chi connectivity index (χ1v) is 6.16. The van der Waals surface area contributed by atoms with Gasteiger partial charge in [0.2, 0.25) is 0 Å². The fourth-order valence-electron chi connectivity index (χ4n) is 1.61. The number of ether oxygens (including phenoxy) is 2. The highest BCUT2D eigenvalue weighted by atomic mass is 19.1. The maximum atomic E-state index is 13.6. The average Bonchev–Trinajstić information content (AvgIpc) is 2.38. The van der Waals surface area contributed by atoms with Crippen molar-refractivity contribution in [2.45, 2.75) is 26.9 Å². The summed E-state index contributed by atoms with van der Waals surface area (Å²) in [5, 5.41) is 0. The molecule has 1 unspecified atom stereocenters. The Morgan fingerprint density at radius 3 is 2.55 bits per heavy atom. The first-order chi connectivity index (χ1) is 9.36. The number of carbonyl (C=O) groups is 2. The van der Waals surface area contributed by atoms with Crippen LogP contribution >= 0.6 is 0 Å². The van der Waals surface area contributed by atoms with Gasteiger partial charge in [0.05, 0.1) is 12.2 Å². The number of aryl methyl sites for hydroxylation is 1. The van der Waals surface area contributed by atoms with Crippen molar-refractivity contribution in [1.82, 2.24) is 0 Å². The monoisotopic (exact) mass is 280 g/mol. The third-order valence-electron chi connectivity index (χ3n) is 2.64. The molecule has 0 heterocycles. The van der Waals surface area contributed by atoms with Crippen LogP contribution in [0.1, 0.15) is 31.1 Å². The summed E-state index contributed by atoms with van der Waals surface area (Å²) in [5.41, 5.74) is 0.740. The smallest absolute Gasteiger partial charge is 0.337 e. The van der Waals surface area contributed by atoms with Crippen molar-refractivity contribution in [1.29, 1.82) is 0 Å². The Hall–Kier alpha value is -2.17. The Kier molecular flexibility index (Phi) is 5.43. The van der Waals surface area contributed by atoms with Crippen LogP contribution in [0, 0.1) is 12.7 Å². The summed E-state index contributed by atoms with van der Waals surface area (Å²) in [6.07, 6.45) is -1.05. The molecule has 0 aliphatic carbocycles. The predicted molar refractivity (Wildman–Crippen MR) is 71.4 cm³/mol. The zero-order valence-corrected chi connectivity index (χ0v) is 11.7. The lowest BCUT2D eigenvalue weighted by Gasteiger charge is -2.19. The van der Waals surface area contributed by atoms with E-state index in [1.807, 2.05) is 0 Å². The third kappa shape index (κ3) is 3.91. The van der Waals surface area contributed by atoms with Gasteiger partial charge in [-0.3, -0.25) is 4.79 Å². The molecule has 0 radical (unpaired) electrons. The van der Waals surface area contributed by atoms with Crippen LogP contribution in [-0.4, -0.2) is 18.5 Å². The molecule has 1 atom stereocenters. The van der Waals surface area contributed by atoms with E-state index in [0.29, 0.717) is 11.1 Å². The molecule has 0 aliphatic rings. The first-order valence-electron chi connectivity index (χ1n) is 6.16. The van der Waals surface area contributed by atoms with Gasteiger partial charge in [-0.25, -0.2) is 9.18 Å². The Morgan fingerprint density at radius 1 is 1.40 bits per heavy atom. The van der Waals surface area contributed by atoms with Gasteiger partial charge in [-0.1, -0.05) is 18.7 Å². The lowest BCUT2D eigenvalue weighted by molar-refractivity contribution is -0.147. The summed E-state index contributed by atoms with van der Waals surface area (Å²) in [6, 6.07) is 4.34. The molecular formula is C15H17FO4. The molecule has 0 aliphatic heterocycles. The maximum absolute atomic E-state index is 13.6. The molecule has 0 spiro atoms. The summed E-state index contributed by atoms with van der Waals surface area (Å²) in [5.74, 6) is -1.72. The molecule has 108 valence electrons. The van der Waals surface area contributed by atoms with E-state index in [9.17, 15) is 14.0 Å². The van der Waals surface area contributed by atoms with Crippen molar-refractivity contribution in [3.8, 4) is 0 Å². The molecule has 4 nitrogen and oxygen atoms in total. The predicted octanol–water partition coefficient (Wildman–Crippen LogP) is 2.86. The molecule has 1 aromatic rings. The van der Waals surface area contributed by atoms with Gasteiger partial charge in [0.15, 0.2) is 6.10 Å². The van der Waals surface area contributed by atoms with Crippen LogP contribution in [0.2, 0.25) is 0 Å². The third-order valence-corrected chi connectivity index (χ3v) is 2.64. The summed E-state index contributed by atoms with van der Waals surface area (Å²) in [6.45, 7) is 8.22. The minimum atomic E-state index is -1.05. The van der Waals surface area contributed by atoms with E-state index in [-0.39, 0.29) is 12.2 Å². The Labute approximate surface area is 117 Å². The Balaban J connectivity index is 3.11. The number of hydrogen-bond donors (Lipinski definition) is 0. The van der Waals surface area contributed by atoms with Gasteiger partial charge >= 0.3 is 11.9 Å². The van der Waals surface area contributed by atoms with Crippen molar-refractivity contribution in [2.75, 3.05) is 6.61 Å². The summed E-state index contributed by atoms with van der Waals surface area (Å²) >= 11 is 0. The van der Waals surface area contributed by atoms with Gasteiger partial charge in [0.1, 0.15) is 5.82 Å². The topological polar surface area (TPSA) is 52.6 Å². The highest BCUT2D eigenvalue weighted by molar-refractivity contribution is 5.89. The second-order valence-corrected chi connectivity index (χ2v) is 4.24. The van der Waals surface area contributed by atoms with E-state index in [4.69, 9.17) is 9.47 Å². The normalized spacial score (nSPS) is 11.6. The fraction of sp³-hybridized carbons (Fsp3) is 0.333. The molecule has 0 N–H and O–H groups in total. The largest absolute Gasteiger partial charge is 0.463 e. The first kappa shape index (κ1) is 15.9. The van der Waals surface area contributed by atoms with E-state index < -0.39 is 23.9 Å². The maximum Gasteiger partial charge on any atom is 0.337 e. The number of carbonyl (C=O) groups excluding carboxylic acids is 2. The number of esters is 2. The van der Waals surface area contributed by atoms with Crippen molar-refractivity contribution in [3.05, 3.63) is 47.3 Å². The zero-order chi connectivity index (χ0) is 15.3. The van der Waals surface area contributed by atoms with E-state index in [0.717, 1.165) is 0 Å². The number of rotatable bonds is 5. The molecule has 0 saturated carbocycles. The highest BCUT2D eigenvalue weighted by Gasteiger charge is 2.25. The minimum Gasteiger partial charge on any atom is -0.463 e. The van der Waals surface area contributed by atoms with Gasteiger partial charge < -0.3 is 9.47 Å². The van der Waals surface area contributed by atoms with Gasteiger partial charge in [0, 0.05) is 12.5 Å². The zero-order valence-electron chi connectivity index (χ0n) is 11.7. The lowest BCUT2D eigenvalue weighted by Crippen LogP contribution is -2.18. The standard InChI is InChI=1S/C15H17FO4/c1-5-19-15(18)10(3)14(20-11(4)17)12-7-6-9(2)13(16)8-12/h6-8,14H,3,5H2,1-2,4H3. The lowest BCUT2D eigenvalue weighted by atomic mass is 10.0. The Morgan fingerprint density at radius 2 is 2.05 bits per heavy atom. The molecule has 0 aromatic heterocycles. The second kappa shape index (κ2) is 6.84. The van der Waals surface area contributed by atoms with E-state index in [1.54, 1.807) is 26.0 Å². The van der Waals surface area contributed by atoms with Crippen LogP contribution in [0.4, 0.5) is 4.39 Å². The molecular weight excluding hydrogens is 263 g/mol. The molecule has 0 fully saturated rings. The van der Waals surface area contributed by atoms with E-state index in [1.165, 1.54) is 13.0 Å². The van der Waals surface area contributed by atoms with Crippen molar-refractivity contribution >= 4 is 11.9 Å². The van der Waals surface area contributed by atoms with Crippen LogP contribution in [0.5, 0.6) is 0 Å². The van der Waals surface area contributed by atoms with Crippen LogP contribution in [-0.2, 0) is 19.1 Å². The molecule has 20 heavy (non-hydrogen) atoms. The van der Waals surface area contributed by atoms with Gasteiger partial charge in [0.25, 0.3) is 0 Å². The summed E-state index contributed by atoms with van der Waals surface area (Å²) < 4.78 is 23.5. The quantitative estimate of drug-likeness (QED) is 0.614. The van der Waals surface area contributed by atoms with E-state index >= 15 is 0 Å². The molecule has 1 rings (SSSR count). The van der Waals surface area contributed by atoms with Crippen LogP contribution in [0.3, 0.4) is 0 Å². The number of halogens is 1. The molecule has 5 heteroatoms.